The normalized spacial score (nSPS) is 10.6. The van der Waals surface area contributed by atoms with Gasteiger partial charge >= 0.3 is 0 Å². The highest BCUT2D eigenvalue weighted by atomic mass is 16.5. The number of anilines is 3. The summed E-state index contributed by atoms with van der Waals surface area (Å²) in [7, 11) is 1.58. The van der Waals surface area contributed by atoms with Crippen LogP contribution in [0.25, 0.3) is 10.9 Å². The SMILES string of the molecule is COc1ccccc1Oc1ncnc(Nc2cccc3ncccc23)c1N. The number of hydrogen-bond acceptors (Lipinski definition) is 7. The molecule has 0 atom stereocenters. The summed E-state index contributed by atoms with van der Waals surface area (Å²) >= 11 is 0. The average Bonchev–Trinajstić information content (AvgIpc) is 2.71. The Kier molecular flexibility index (Phi) is 4.40. The second-order valence-electron chi connectivity index (χ2n) is 5.69. The lowest BCUT2D eigenvalue weighted by molar-refractivity contribution is 0.374. The summed E-state index contributed by atoms with van der Waals surface area (Å²) in [6.45, 7) is 0. The molecule has 0 saturated carbocycles. The molecule has 4 rings (SSSR count). The third-order valence-electron chi connectivity index (χ3n) is 4.02. The van der Waals surface area contributed by atoms with Crippen LogP contribution in [0, 0.1) is 0 Å². The molecule has 7 nitrogen and oxygen atoms in total. The van der Waals surface area contributed by atoms with Crippen LogP contribution in [0.4, 0.5) is 17.2 Å². The van der Waals surface area contributed by atoms with Crippen molar-refractivity contribution in [3.63, 3.8) is 0 Å². The van der Waals surface area contributed by atoms with Crippen molar-refractivity contribution in [3.8, 4) is 17.4 Å². The molecule has 0 saturated heterocycles. The third-order valence-corrected chi connectivity index (χ3v) is 4.02. The van der Waals surface area contributed by atoms with E-state index in [1.165, 1.54) is 6.33 Å². The zero-order chi connectivity index (χ0) is 18.6. The predicted molar refractivity (Wildman–Crippen MR) is 105 cm³/mol. The minimum absolute atomic E-state index is 0.246. The molecule has 4 aromatic rings. The van der Waals surface area contributed by atoms with Gasteiger partial charge in [-0.1, -0.05) is 18.2 Å². The average molecular weight is 359 g/mol. The molecule has 2 heterocycles. The van der Waals surface area contributed by atoms with Crippen molar-refractivity contribution in [1.82, 2.24) is 15.0 Å². The minimum atomic E-state index is 0.246. The van der Waals surface area contributed by atoms with E-state index >= 15 is 0 Å². The molecule has 0 radical (unpaired) electrons. The number of nitrogen functional groups attached to an aromatic ring is 1. The van der Waals surface area contributed by atoms with Gasteiger partial charge in [-0.05, 0) is 36.4 Å². The second kappa shape index (κ2) is 7.17. The van der Waals surface area contributed by atoms with E-state index in [4.69, 9.17) is 15.2 Å². The monoisotopic (exact) mass is 359 g/mol. The number of fused-ring (bicyclic) bond motifs is 1. The molecule has 7 heteroatoms. The fourth-order valence-electron chi connectivity index (χ4n) is 2.71. The zero-order valence-corrected chi connectivity index (χ0v) is 14.6. The number of pyridine rings is 1. The minimum Gasteiger partial charge on any atom is -0.493 e. The lowest BCUT2D eigenvalue weighted by Crippen LogP contribution is -2.04. The van der Waals surface area contributed by atoms with Crippen molar-refractivity contribution < 1.29 is 9.47 Å². The molecule has 27 heavy (non-hydrogen) atoms. The van der Waals surface area contributed by atoms with Gasteiger partial charge in [0.25, 0.3) is 0 Å². The summed E-state index contributed by atoms with van der Waals surface area (Å²) < 4.78 is 11.1. The molecule has 0 unspecified atom stereocenters. The number of hydrogen-bond donors (Lipinski definition) is 2. The molecule has 134 valence electrons. The van der Waals surface area contributed by atoms with Crippen LogP contribution in [0.2, 0.25) is 0 Å². The van der Waals surface area contributed by atoms with E-state index in [9.17, 15) is 0 Å². The number of nitrogens with two attached hydrogens (primary N) is 1. The van der Waals surface area contributed by atoms with Crippen LogP contribution in [0.3, 0.4) is 0 Å². The van der Waals surface area contributed by atoms with Gasteiger partial charge in [-0.25, -0.2) is 4.98 Å². The van der Waals surface area contributed by atoms with Gasteiger partial charge in [0.1, 0.15) is 12.0 Å². The fourth-order valence-corrected chi connectivity index (χ4v) is 2.71. The Morgan fingerprint density at radius 2 is 1.74 bits per heavy atom. The number of aromatic nitrogens is 3. The van der Waals surface area contributed by atoms with E-state index in [0.29, 0.717) is 23.0 Å². The van der Waals surface area contributed by atoms with Gasteiger partial charge in [-0.2, -0.15) is 4.98 Å². The van der Waals surface area contributed by atoms with Crippen LogP contribution in [0.15, 0.2) is 67.1 Å². The van der Waals surface area contributed by atoms with Crippen LogP contribution < -0.4 is 20.5 Å². The molecule has 2 aromatic heterocycles. The molecule has 2 aromatic carbocycles. The number of methoxy groups -OCH3 is 1. The molecule has 0 bridgehead atoms. The van der Waals surface area contributed by atoms with Crippen molar-refractivity contribution >= 4 is 28.1 Å². The largest absolute Gasteiger partial charge is 0.493 e. The lowest BCUT2D eigenvalue weighted by Gasteiger charge is -2.14. The van der Waals surface area contributed by atoms with E-state index in [0.717, 1.165) is 16.6 Å². The molecular weight excluding hydrogens is 342 g/mol. The fraction of sp³-hybridized carbons (Fsp3) is 0.0500. The van der Waals surface area contributed by atoms with Crippen LogP contribution in [-0.2, 0) is 0 Å². The van der Waals surface area contributed by atoms with Crippen molar-refractivity contribution in [2.75, 3.05) is 18.2 Å². The Bertz CT molecular complexity index is 1100. The molecule has 0 fully saturated rings. The Labute approximate surface area is 155 Å². The van der Waals surface area contributed by atoms with Gasteiger partial charge in [-0.3, -0.25) is 4.98 Å². The van der Waals surface area contributed by atoms with Gasteiger partial charge in [-0.15, -0.1) is 0 Å². The van der Waals surface area contributed by atoms with Crippen molar-refractivity contribution in [2.24, 2.45) is 0 Å². The van der Waals surface area contributed by atoms with E-state index in [1.54, 1.807) is 25.4 Å². The Hall–Kier alpha value is -3.87. The molecule has 0 aliphatic rings. The van der Waals surface area contributed by atoms with Gasteiger partial charge in [0.05, 0.1) is 12.6 Å². The second-order valence-corrected chi connectivity index (χ2v) is 5.69. The first-order valence-electron chi connectivity index (χ1n) is 8.28. The highest BCUT2D eigenvalue weighted by Gasteiger charge is 2.13. The first-order valence-corrected chi connectivity index (χ1v) is 8.28. The van der Waals surface area contributed by atoms with E-state index < -0.39 is 0 Å². The topological polar surface area (TPSA) is 95.2 Å². The maximum absolute atomic E-state index is 6.25. The van der Waals surface area contributed by atoms with Crippen LogP contribution in [-0.4, -0.2) is 22.1 Å². The summed E-state index contributed by atoms with van der Waals surface area (Å²) in [5, 5.41) is 4.21. The quantitative estimate of drug-likeness (QED) is 0.552. The first-order chi connectivity index (χ1) is 13.3. The summed E-state index contributed by atoms with van der Waals surface area (Å²) in [5.74, 6) is 1.80. The van der Waals surface area contributed by atoms with E-state index in [2.05, 4.69) is 20.3 Å². The van der Waals surface area contributed by atoms with Gasteiger partial charge in [0.15, 0.2) is 17.3 Å². The molecule has 3 N–H and O–H groups in total. The van der Waals surface area contributed by atoms with Crippen molar-refractivity contribution in [3.05, 3.63) is 67.1 Å². The maximum atomic E-state index is 6.25. The third kappa shape index (κ3) is 3.30. The van der Waals surface area contributed by atoms with Crippen LogP contribution in [0.1, 0.15) is 0 Å². The number of rotatable bonds is 5. The first kappa shape index (κ1) is 16.6. The summed E-state index contributed by atoms with van der Waals surface area (Å²) in [6, 6.07) is 16.9. The molecule has 0 aliphatic carbocycles. The smallest absolute Gasteiger partial charge is 0.248 e. The molecular formula is C20H17N5O2. The summed E-state index contributed by atoms with van der Waals surface area (Å²) in [6.07, 6.45) is 3.15. The van der Waals surface area contributed by atoms with Gasteiger partial charge in [0, 0.05) is 17.3 Å². The number of para-hydroxylation sites is 2. The number of benzene rings is 2. The number of nitrogens with one attached hydrogen (secondary N) is 1. The van der Waals surface area contributed by atoms with Gasteiger partial charge in [0.2, 0.25) is 5.88 Å². The molecule has 0 aliphatic heterocycles. The van der Waals surface area contributed by atoms with Crippen LogP contribution >= 0.6 is 0 Å². The van der Waals surface area contributed by atoms with E-state index in [1.807, 2.05) is 42.5 Å². The van der Waals surface area contributed by atoms with Crippen LogP contribution in [0.5, 0.6) is 17.4 Å². The lowest BCUT2D eigenvalue weighted by atomic mass is 10.2. The summed E-state index contributed by atoms with van der Waals surface area (Å²) in [4.78, 5) is 12.7. The Balaban J connectivity index is 1.68. The molecule has 0 spiro atoms. The highest BCUT2D eigenvalue weighted by molar-refractivity contribution is 5.93. The molecule has 0 amide bonds. The Morgan fingerprint density at radius 1 is 0.889 bits per heavy atom. The van der Waals surface area contributed by atoms with Crippen molar-refractivity contribution in [1.29, 1.82) is 0 Å². The highest BCUT2D eigenvalue weighted by Crippen LogP contribution is 2.35. The van der Waals surface area contributed by atoms with E-state index in [-0.39, 0.29) is 5.88 Å². The maximum Gasteiger partial charge on any atom is 0.248 e. The van der Waals surface area contributed by atoms with Gasteiger partial charge < -0.3 is 20.5 Å². The zero-order valence-electron chi connectivity index (χ0n) is 14.6. The standard InChI is InChI=1S/C20H17N5O2/c1-26-16-9-2-3-10-17(16)27-20-18(21)19(23-12-24-20)25-15-8-4-7-14-13(15)6-5-11-22-14/h2-12H,21H2,1H3,(H,23,24,25). The number of nitrogens with zero attached hydrogens (tertiary/aromatic N) is 3. The van der Waals surface area contributed by atoms with Crippen molar-refractivity contribution in [2.45, 2.75) is 0 Å². The Morgan fingerprint density at radius 3 is 2.59 bits per heavy atom. The number of ether oxygens (including phenoxy) is 2. The summed E-state index contributed by atoms with van der Waals surface area (Å²) in [5.41, 5.74) is 8.26. The predicted octanol–water partition coefficient (Wildman–Crippen LogP) is 4.15.